The van der Waals surface area contributed by atoms with Gasteiger partial charge < -0.3 is 10.0 Å². The molecule has 132 valence electrons. The molecule has 0 aromatic heterocycles. The lowest BCUT2D eigenvalue weighted by atomic mass is 10.00. The van der Waals surface area contributed by atoms with Crippen molar-refractivity contribution in [2.24, 2.45) is 0 Å². The lowest BCUT2D eigenvalue weighted by molar-refractivity contribution is -0.139. The molecule has 1 amide bonds. The molecule has 1 aromatic rings. The van der Waals surface area contributed by atoms with Gasteiger partial charge in [-0.15, -0.1) is 0 Å². The molecular weight excluding hydrogens is 304 g/mol. The van der Waals surface area contributed by atoms with E-state index in [1.807, 2.05) is 41.0 Å². The summed E-state index contributed by atoms with van der Waals surface area (Å²) < 4.78 is 0. The molecule has 1 aliphatic heterocycles. The van der Waals surface area contributed by atoms with E-state index in [1.54, 1.807) is 0 Å². The molecule has 1 N–H and O–H groups in total. The first-order chi connectivity index (χ1) is 11.4. The number of carboxylic acids is 1. The minimum atomic E-state index is -0.791. The molecule has 0 bridgehead atoms. The minimum absolute atomic E-state index is 0.0741. The summed E-state index contributed by atoms with van der Waals surface area (Å²) >= 11 is 0. The third-order valence-corrected chi connectivity index (χ3v) is 4.84. The Bertz CT molecular complexity index is 560. The Balaban J connectivity index is 1.93. The summed E-state index contributed by atoms with van der Waals surface area (Å²) in [5.41, 5.74) is 1.97. The van der Waals surface area contributed by atoms with E-state index in [-0.39, 0.29) is 18.5 Å². The smallest absolute Gasteiger partial charge is 0.317 e. The van der Waals surface area contributed by atoms with Crippen LogP contribution in [-0.4, -0.2) is 59.0 Å². The van der Waals surface area contributed by atoms with E-state index in [0.29, 0.717) is 19.0 Å². The summed E-state index contributed by atoms with van der Waals surface area (Å²) in [6.45, 7) is 8.43. The fourth-order valence-corrected chi connectivity index (χ4v) is 3.30. The molecule has 2 rings (SSSR count). The van der Waals surface area contributed by atoms with Crippen LogP contribution in [0.25, 0.3) is 0 Å². The zero-order valence-electron chi connectivity index (χ0n) is 14.9. The molecule has 5 nitrogen and oxygen atoms in total. The summed E-state index contributed by atoms with van der Waals surface area (Å²) in [5.74, 6) is -0.259. The highest BCUT2D eigenvalue weighted by molar-refractivity contribution is 5.94. The maximum Gasteiger partial charge on any atom is 0.317 e. The van der Waals surface area contributed by atoms with Crippen LogP contribution >= 0.6 is 0 Å². The van der Waals surface area contributed by atoms with Gasteiger partial charge in [0.05, 0.1) is 6.54 Å². The summed E-state index contributed by atoms with van der Waals surface area (Å²) in [7, 11) is 0. The number of aliphatic carboxylic acids is 1. The number of carboxylic acid groups (broad SMARTS) is 1. The number of hydrogen-bond donors (Lipinski definition) is 1. The van der Waals surface area contributed by atoms with Crippen LogP contribution in [0.5, 0.6) is 0 Å². The van der Waals surface area contributed by atoms with Gasteiger partial charge >= 0.3 is 5.97 Å². The number of piperidine rings is 1. The van der Waals surface area contributed by atoms with Gasteiger partial charge in [0.15, 0.2) is 0 Å². The van der Waals surface area contributed by atoms with Crippen molar-refractivity contribution in [3.63, 3.8) is 0 Å². The fourth-order valence-electron chi connectivity index (χ4n) is 3.30. The number of carbonyl (C=O) groups is 2. The molecular formula is C19H28N2O3. The molecule has 0 saturated carbocycles. The first kappa shape index (κ1) is 18.5. The van der Waals surface area contributed by atoms with Gasteiger partial charge in [0.1, 0.15) is 0 Å². The zero-order chi connectivity index (χ0) is 17.7. The Kier molecular flexibility index (Phi) is 6.37. The van der Waals surface area contributed by atoms with E-state index >= 15 is 0 Å². The largest absolute Gasteiger partial charge is 0.480 e. The Morgan fingerprint density at radius 1 is 1.21 bits per heavy atom. The lowest BCUT2D eigenvalue weighted by Crippen LogP contribution is -2.48. The monoisotopic (exact) mass is 332 g/mol. The highest BCUT2D eigenvalue weighted by Gasteiger charge is 2.27. The predicted octanol–water partition coefficient (Wildman–Crippen LogP) is 2.82. The van der Waals surface area contributed by atoms with Crippen molar-refractivity contribution in [3.8, 4) is 0 Å². The van der Waals surface area contributed by atoms with Crippen molar-refractivity contribution in [2.75, 3.05) is 26.2 Å². The molecule has 24 heavy (non-hydrogen) atoms. The Morgan fingerprint density at radius 3 is 2.25 bits per heavy atom. The van der Waals surface area contributed by atoms with Gasteiger partial charge in [-0.3, -0.25) is 14.5 Å². The predicted molar refractivity (Wildman–Crippen MR) is 94.3 cm³/mol. The van der Waals surface area contributed by atoms with Gasteiger partial charge in [0.25, 0.3) is 5.91 Å². The Hall–Kier alpha value is -1.88. The average molecular weight is 332 g/mol. The van der Waals surface area contributed by atoms with Crippen LogP contribution in [0.2, 0.25) is 0 Å². The van der Waals surface area contributed by atoms with E-state index in [4.69, 9.17) is 5.11 Å². The highest BCUT2D eigenvalue weighted by Crippen LogP contribution is 2.20. The van der Waals surface area contributed by atoms with Crippen LogP contribution in [0.1, 0.15) is 55.5 Å². The number of carbonyl (C=O) groups excluding carboxylic acids is 1. The van der Waals surface area contributed by atoms with Crippen LogP contribution in [0.15, 0.2) is 24.3 Å². The van der Waals surface area contributed by atoms with Gasteiger partial charge in [0, 0.05) is 24.7 Å². The molecule has 5 heteroatoms. The summed E-state index contributed by atoms with van der Waals surface area (Å²) in [6, 6.07) is 8.12. The number of hydrogen-bond acceptors (Lipinski definition) is 3. The summed E-state index contributed by atoms with van der Waals surface area (Å²) in [5, 5.41) is 8.99. The number of rotatable bonds is 6. The Labute approximate surface area is 144 Å². The van der Waals surface area contributed by atoms with Crippen LogP contribution in [0, 0.1) is 0 Å². The van der Waals surface area contributed by atoms with Gasteiger partial charge in [0.2, 0.25) is 0 Å². The number of nitrogens with zero attached hydrogens (tertiary/aromatic N) is 2. The van der Waals surface area contributed by atoms with E-state index in [1.165, 1.54) is 5.56 Å². The van der Waals surface area contributed by atoms with Crippen molar-refractivity contribution in [1.82, 2.24) is 9.80 Å². The standard InChI is InChI=1S/C19H28N2O3/c1-4-20(13-18(22)23)17-9-11-21(12-10-17)19(24)16-7-5-15(6-8-16)14(2)3/h5-8,14,17H,4,9-13H2,1-3H3,(H,22,23). The van der Waals surface area contributed by atoms with E-state index in [2.05, 4.69) is 13.8 Å². The first-order valence-corrected chi connectivity index (χ1v) is 8.77. The topological polar surface area (TPSA) is 60.9 Å². The van der Waals surface area contributed by atoms with Crippen LogP contribution in [0.3, 0.4) is 0 Å². The molecule has 1 saturated heterocycles. The van der Waals surface area contributed by atoms with Gasteiger partial charge in [-0.2, -0.15) is 0 Å². The van der Waals surface area contributed by atoms with Gasteiger partial charge in [-0.05, 0) is 43.0 Å². The molecule has 1 fully saturated rings. The molecule has 0 spiro atoms. The van der Waals surface area contributed by atoms with Crippen molar-refractivity contribution in [1.29, 1.82) is 0 Å². The number of likely N-dealkylation sites (N-methyl/N-ethyl adjacent to an activating group) is 1. The normalized spacial score (nSPS) is 16.0. The highest BCUT2D eigenvalue weighted by atomic mass is 16.4. The van der Waals surface area contributed by atoms with Crippen molar-refractivity contribution < 1.29 is 14.7 Å². The third kappa shape index (κ3) is 4.57. The van der Waals surface area contributed by atoms with Crippen LogP contribution in [0.4, 0.5) is 0 Å². The van der Waals surface area contributed by atoms with Gasteiger partial charge in [-0.1, -0.05) is 32.9 Å². The number of benzene rings is 1. The zero-order valence-corrected chi connectivity index (χ0v) is 14.9. The third-order valence-electron chi connectivity index (χ3n) is 4.84. The maximum absolute atomic E-state index is 12.6. The number of likely N-dealkylation sites (tertiary alicyclic amines) is 1. The van der Waals surface area contributed by atoms with E-state index in [0.717, 1.165) is 24.9 Å². The van der Waals surface area contributed by atoms with Crippen LogP contribution in [-0.2, 0) is 4.79 Å². The second kappa shape index (κ2) is 8.29. The summed E-state index contributed by atoms with van der Waals surface area (Å²) in [6.07, 6.45) is 1.66. The van der Waals surface area contributed by atoms with E-state index < -0.39 is 5.97 Å². The Morgan fingerprint density at radius 2 is 1.79 bits per heavy atom. The maximum atomic E-state index is 12.6. The van der Waals surface area contributed by atoms with Crippen molar-refractivity contribution in [2.45, 2.75) is 45.6 Å². The quantitative estimate of drug-likeness (QED) is 0.870. The van der Waals surface area contributed by atoms with Gasteiger partial charge in [-0.25, -0.2) is 0 Å². The SMILES string of the molecule is CCN(CC(=O)O)C1CCN(C(=O)c2ccc(C(C)C)cc2)CC1. The van der Waals surface area contributed by atoms with Crippen molar-refractivity contribution in [3.05, 3.63) is 35.4 Å². The van der Waals surface area contributed by atoms with E-state index in [9.17, 15) is 9.59 Å². The molecule has 1 heterocycles. The molecule has 1 aliphatic rings. The fraction of sp³-hybridized carbons (Fsp3) is 0.579. The average Bonchev–Trinajstić information content (AvgIpc) is 2.59. The molecule has 0 aliphatic carbocycles. The minimum Gasteiger partial charge on any atom is -0.480 e. The summed E-state index contributed by atoms with van der Waals surface area (Å²) in [4.78, 5) is 27.4. The molecule has 0 radical (unpaired) electrons. The molecule has 0 atom stereocenters. The molecule has 0 unspecified atom stereocenters. The van der Waals surface area contributed by atoms with Crippen LogP contribution < -0.4 is 0 Å². The second-order valence-electron chi connectivity index (χ2n) is 6.76. The van der Waals surface area contributed by atoms with Crippen molar-refractivity contribution >= 4 is 11.9 Å². The first-order valence-electron chi connectivity index (χ1n) is 8.77. The lowest BCUT2D eigenvalue weighted by Gasteiger charge is -2.37. The number of amides is 1. The second-order valence-corrected chi connectivity index (χ2v) is 6.76. The molecule has 1 aromatic carbocycles.